The molecule has 1 aromatic carbocycles. The Morgan fingerprint density at radius 3 is 2.82 bits per heavy atom. The van der Waals surface area contributed by atoms with Gasteiger partial charge in [-0.3, -0.25) is 0 Å². The van der Waals surface area contributed by atoms with Crippen molar-refractivity contribution in [3.8, 4) is 11.4 Å². The van der Waals surface area contributed by atoms with Crippen molar-refractivity contribution in [2.75, 3.05) is 0 Å². The maximum atomic E-state index is 13.4. The van der Waals surface area contributed by atoms with Crippen LogP contribution in [0.4, 0.5) is 8.78 Å². The largest absolute Gasteiger partial charge is 0.457 e. The highest BCUT2D eigenvalue weighted by Crippen LogP contribution is 2.29. The minimum absolute atomic E-state index is 0.106. The zero-order chi connectivity index (χ0) is 12.0. The van der Waals surface area contributed by atoms with Gasteiger partial charge in [0.2, 0.25) is 0 Å². The van der Waals surface area contributed by atoms with Crippen LogP contribution < -0.4 is 0 Å². The molecule has 0 aliphatic heterocycles. The number of aromatic amines is 1. The molecule has 0 aliphatic rings. The predicted molar refractivity (Wildman–Crippen MR) is 61.4 cm³/mol. The van der Waals surface area contributed by atoms with Crippen molar-refractivity contribution in [3.05, 3.63) is 40.8 Å². The third-order valence-electron chi connectivity index (χ3n) is 2.38. The van der Waals surface area contributed by atoms with Gasteiger partial charge in [0, 0.05) is 6.07 Å². The second kappa shape index (κ2) is 3.66. The van der Waals surface area contributed by atoms with Crippen molar-refractivity contribution < 1.29 is 13.2 Å². The SMILES string of the molecule is Fc1cc(F)c2nc(-c3ccoc3Br)[nH]c2c1. The maximum absolute atomic E-state index is 13.4. The van der Waals surface area contributed by atoms with E-state index < -0.39 is 11.6 Å². The van der Waals surface area contributed by atoms with Crippen LogP contribution in [0.25, 0.3) is 22.4 Å². The first-order valence-electron chi connectivity index (χ1n) is 4.73. The third-order valence-corrected chi connectivity index (χ3v) is 2.99. The molecule has 0 saturated heterocycles. The summed E-state index contributed by atoms with van der Waals surface area (Å²) >= 11 is 3.20. The van der Waals surface area contributed by atoms with Gasteiger partial charge in [-0.05, 0) is 28.1 Å². The molecular formula is C11H5BrF2N2O. The van der Waals surface area contributed by atoms with Gasteiger partial charge >= 0.3 is 0 Å². The number of fused-ring (bicyclic) bond motifs is 1. The van der Waals surface area contributed by atoms with Gasteiger partial charge in [-0.25, -0.2) is 13.8 Å². The molecule has 0 fully saturated rings. The molecule has 0 radical (unpaired) electrons. The van der Waals surface area contributed by atoms with Gasteiger partial charge in [-0.1, -0.05) is 0 Å². The van der Waals surface area contributed by atoms with E-state index in [2.05, 4.69) is 25.9 Å². The maximum Gasteiger partial charge on any atom is 0.179 e. The van der Waals surface area contributed by atoms with Crippen LogP contribution in [0.2, 0.25) is 0 Å². The minimum Gasteiger partial charge on any atom is -0.457 e. The lowest BCUT2D eigenvalue weighted by atomic mass is 10.3. The number of furan rings is 1. The van der Waals surface area contributed by atoms with Crippen LogP contribution in [0.15, 0.2) is 33.5 Å². The van der Waals surface area contributed by atoms with Gasteiger partial charge in [-0.15, -0.1) is 0 Å². The monoisotopic (exact) mass is 298 g/mol. The number of hydrogen-bond donors (Lipinski definition) is 1. The van der Waals surface area contributed by atoms with Crippen LogP contribution in [-0.2, 0) is 0 Å². The van der Waals surface area contributed by atoms with Gasteiger partial charge in [0.1, 0.15) is 17.2 Å². The van der Waals surface area contributed by atoms with E-state index in [1.54, 1.807) is 6.07 Å². The first kappa shape index (κ1) is 10.5. The highest BCUT2D eigenvalue weighted by atomic mass is 79.9. The molecule has 3 rings (SSSR count). The number of imidazole rings is 1. The summed E-state index contributed by atoms with van der Waals surface area (Å²) < 4.78 is 32.0. The normalized spacial score (nSPS) is 11.2. The van der Waals surface area contributed by atoms with Crippen LogP contribution in [0.5, 0.6) is 0 Å². The molecule has 0 amide bonds. The smallest absolute Gasteiger partial charge is 0.179 e. The minimum atomic E-state index is -0.692. The quantitative estimate of drug-likeness (QED) is 0.741. The Balaban J connectivity index is 2.27. The molecule has 0 spiro atoms. The molecule has 0 bridgehead atoms. The van der Waals surface area contributed by atoms with Crippen molar-refractivity contribution >= 4 is 27.0 Å². The van der Waals surface area contributed by atoms with Crippen molar-refractivity contribution in [3.63, 3.8) is 0 Å². The van der Waals surface area contributed by atoms with Gasteiger partial charge in [0.15, 0.2) is 10.5 Å². The number of nitrogens with one attached hydrogen (secondary N) is 1. The number of benzene rings is 1. The summed E-state index contributed by atoms with van der Waals surface area (Å²) in [6.45, 7) is 0. The zero-order valence-corrected chi connectivity index (χ0v) is 9.88. The molecule has 3 aromatic rings. The molecule has 3 nitrogen and oxygen atoms in total. The second-order valence-electron chi connectivity index (χ2n) is 3.48. The summed E-state index contributed by atoms with van der Waals surface area (Å²) in [6.07, 6.45) is 1.48. The Labute approximate surface area is 103 Å². The van der Waals surface area contributed by atoms with Crippen molar-refractivity contribution in [2.45, 2.75) is 0 Å². The first-order chi connectivity index (χ1) is 8.15. The molecule has 0 saturated carbocycles. The van der Waals surface area contributed by atoms with Crippen LogP contribution in [0.1, 0.15) is 0 Å². The average Bonchev–Trinajstić information content (AvgIpc) is 2.83. The number of rotatable bonds is 1. The van der Waals surface area contributed by atoms with Gasteiger partial charge in [-0.2, -0.15) is 0 Å². The molecule has 2 aromatic heterocycles. The molecule has 6 heteroatoms. The number of nitrogens with zero attached hydrogens (tertiary/aromatic N) is 1. The van der Waals surface area contributed by atoms with Crippen molar-refractivity contribution in [1.29, 1.82) is 0 Å². The summed E-state index contributed by atoms with van der Waals surface area (Å²) in [5.41, 5.74) is 1.07. The Morgan fingerprint density at radius 2 is 2.12 bits per heavy atom. The molecule has 17 heavy (non-hydrogen) atoms. The highest BCUT2D eigenvalue weighted by molar-refractivity contribution is 9.10. The Hall–Kier alpha value is -1.69. The predicted octanol–water partition coefficient (Wildman–Crippen LogP) is 3.86. The lowest BCUT2D eigenvalue weighted by Gasteiger charge is -1.90. The molecule has 0 atom stereocenters. The fraction of sp³-hybridized carbons (Fsp3) is 0. The average molecular weight is 299 g/mol. The van der Waals surface area contributed by atoms with E-state index in [4.69, 9.17) is 4.42 Å². The molecule has 2 heterocycles. The third kappa shape index (κ3) is 1.64. The molecule has 86 valence electrons. The van der Waals surface area contributed by atoms with Crippen LogP contribution in [0, 0.1) is 11.6 Å². The summed E-state index contributed by atoms with van der Waals surface area (Å²) in [4.78, 5) is 6.91. The lowest BCUT2D eigenvalue weighted by molar-refractivity contribution is 0.542. The Morgan fingerprint density at radius 1 is 1.29 bits per heavy atom. The van der Waals surface area contributed by atoms with E-state index in [0.717, 1.165) is 6.07 Å². The summed E-state index contributed by atoms with van der Waals surface area (Å²) in [5, 5.41) is 0. The van der Waals surface area contributed by atoms with E-state index in [9.17, 15) is 8.78 Å². The topological polar surface area (TPSA) is 41.8 Å². The van der Waals surface area contributed by atoms with Crippen molar-refractivity contribution in [1.82, 2.24) is 9.97 Å². The summed E-state index contributed by atoms with van der Waals surface area (Å²) in [6, 6.07) is 3.68. The summed E-state index contributed by atoms with van der Waals surface area (Å²) in [7, 11) is 0. The van der Waals surface area contributed by atoms with E-state index in [-0.39, 0.29) is 5.52 Å². The number of H-pyrrole nitrogens is 1. The Kier molecular flexibility index (Phi) is 2.25. The second-order valence-corrected chi connectivity index (χ2v) is 4.20. The van der Waals surface area contributed by atoms with E-state index in [1.165, 1.54) is 12.3 Å². The number of halogens is 3. The molecule has 1 N–H and O–H groups in total. The van der Waals surface area contributed by atoms with Crippen LogP contribution in [0.3, 0.4) is 0 Å². The lowest BCUT2D eigenvalue weighted by Crippen LogP contribution is -1.81. The molecule has 0 unspecified atom stereocenters. The number of hydrogen-bond acceptors (Lipinski definition) is 2. The van der Waals surface area contributed by atoms with Crippen LogP contribution in [-0.4, -0.2) is 9.97 Å². The van der Waals surface area contributed by atoms with E-state index >= 15 is 0 Å². The van der Waals surface area contributed by atoms with Gasteiger partial charge in [0.25, 0.3) is 0 Å². The fourth-order valence-corrected chi connectivity index (χ4v) is 2.06. The zero-order valence-electron chi connectivity index (χ0n) is 8.30. The molecular weight excluding hydrogens is 294 g/mol. The highest BCUT2D eigenvalue weighted by Gasteiger charge is 2.14. The van der Waals surface area contributed by atoms with E-state index in [1.807, 2.05) is 0 Å². The van der Waals surface area contributed by atoms with Crippen LogP contribution >= 0.6 is 15.9 Å². The fourth-order valence-electron chi connectivity index (χ4n) is 1.63. The van der Waals surface area contributed by atoms with E-state index in [0.29, 0.717) is 21.6 Å². The van der Waals surface area contributed by atoms with Gasteiger partial charge < -0.3 is 9.40 Å². The first-order valence-corrected chi connectivity index (χ1v) is 5.52. The Bertz CT molecular complexity index is 705. The summed E-state index contributed by atoms with van der Waals surface area (Å²) in [5.74, 6) is -0.913. The number of aromatic nitrogens is 2. The van der Waals surface area contributed by atoms with Crippen molar-refractivity contribution in [2.24, 2.45) is 0 Å². The van der Waals surface area contributed by atoms with Gasteiger partial charge in [0.05, 0.1) is 17.3 Å². The molecule has 0 aliphatic carbocycles. The standard InChI is InChI=1S/C11H5BrF2N2O/c12-10-6(1-2-17-10)11-15-8-4-5(13)3-7(14)9(8)16-11/h1-4H,(H,15,16).